The molecule has 0 heterocycles. The second kappa shape index (κ2) is 6.20. The summed E-state index contributed by atoms with van der Waals surface area (Å²) in [4.78, 5) is 0. The molecule has 0 unspecified atom stereocenters. The van der Waals surface area contributed by atoms with E-state index in [1.807, 2.05) is 0 Å². The number of alkyl halides is 1. The summed E-state index contributed by atoms with van der Waals surface area (Å²) in [5.74, 6) is 0.809. The van der Waals surface area contributed by atoms with Crippen molar-refractivity contribution in [2.45, 2.75) is 26.2 Å². The van der Waals surface area contributed by atoms with E-state index in [4.69, 9.17) is 0 Å². The minimum atomic E-state index is 0.809. The molecule has 1 aromatic carbocycles. The van der Waals surface area contributed by atoms with Crippen LogP contribution < -0.4 is 0 Å². The fourth-order valence-electron chi connectivity index (χ4n) is 1.38. The van der Waals surface area contributed by atoms with Crippen molar-refractivity contribution in [3.8, 4) is 0 Å². The Hall–Kier alpha value is -0.300. The second-order valence-corrected chi connectivity index (χ2v) is 4.28. The third kappa shape index (κ3) is 4.47. The molecular weight excluding hydrogens is 224 g/mol. The zero-order valence-electron chi connectivity index (χ0n) is 8.17. The van der Waals surface area contributed by atoms with E-state index in [-0.39, 0.29) is 0 Å². The van der Waals surface area contributed by atoms with E-state index in [2.05, 4.69) is 53.2 Å². The van der Waals surface area contributed by atoms with Crippen LogP contribution in [0, 0.1) is 5.92 Å². The summed E-state index contributed by atoms with van der Waals surface area (Å²) in [6, 6.07) is 10.7. The van der Waals surface area contributed by atoms with Gasteiger partial charge >= 0.3 is 0 Å². The van der Waals surface area contributed by atoms with E-state index < -0.39 is 0 Å². The Kier molecular flexibility index (Phi) is 5.14. The summed E-state index contributed by atoms with van der Waals surface area (Å²) >= 11 is 3.50. The normalized spacial score (nSPS) is 12.8. The van der Waals surface area contributed by atoms with E-state index >= 15 is 0 Å². The van der Waals surface area contributed by atoms with Crippen LogP contribution in [0.25, 0.3) is 0 Å². The molecule has 0 aliphatic carbocycles. The molecule has 1 rings (SSSR count). The van der Waals surface area contributed by atoms with Gasteiger partial charge in [-0.3, -0.25) is 0 Å². The van der Waals surface area contributed by atoms with Crippen LogP contribution >= 0.6 is 15.9 Å². The van der Waals surface area contributed by atoms with E-state index in [1.165, 1.54) is 24.8 Å². The van der Waals surface area contributed by atoms with Gasteiger partial charge in [0.25, 0.3) is 0 Å². The van der Waals surface area contributed by atoms with Crippen molar-refractivity contribution >= 4 is 15.9 Å². The minimum Gasteiger partial charge on any atom is -0.0925 e. The Labute approximate surface area is 89.5 Å². The molecule has 0 aliphatic rings. The maximum atomic E-state index is 3.50. The average Bonchev–Trinajstić information content (AvgIpc) is 2.19. The largest absolute Gasteiger partial charge is 0.0925 e. The predicted molar refractivity (Wildman–Crippen MR) is 62.3 cm³/mol. The van der Waals surface area contributed by atoms with Gasteiger partial charge in [0.15, 0.2) is 0 Å². The number of hydrogen-bond donors (Lipinski definition) is 0. The minimum absolute atomic E-state index is 0.809. The van der Waals surface area contributed by atoms with Crippen LogP contribution in [0.15, 0.2) is 30.3 Å². The SMILES string of the molecule is C[C@H](CBr)CCCc1ccccc1. The standard InChI is InChI=1S/C12H17Br/c1-11(10-13)6-5-9-12-7-3-2-4-8-12/h2-4,7-8,11H,5-6,9-10H2,1H3/t11-/m0/s1. The van der Waals surface area contributed by atoms with Gasteiger partial charge in [-0.15, -0.1) is 0 Å². The van der Waals surface area contributed by atoms with E-state index in [0.717, 1.165) is 11.2 Å². The Morgan fingerprint density at radius 1 is 1.23 bits per heavy atom. The summed E-state index contributed by atoms with van der Waals surface area (Å²) in [5, 5.41) is 1.13. The van der Waals surface area contributed by atoms with Crippen molar-refractivity contribution in [1.82, 2.24) is 0 Å². The molecule has 72 valence electrons. The third-order valence-corrected chi connectivity index (χ3v) is 3.37. The predicted octanol–water partition coefficient (Wildman–Crippen LogP) is 4.04. The molecular formula is C12H17Br. The van der Waals surface area contributed by atoms with E-state index in [1.54, 1.807) is 0 Å². The zero-order valence-corrected chi connectivity index (χ0v) is 9.76. The van der Waals surface area contributed by atoms with Crippen molar-refractivity contribution in [2.75, 3.05) is 5.33 Å². The summed E-state index contributed by atoms with van der Waals surface area (Å²) in [5.41, 5.74) is 1.46. The first-order chi connectivity index (χ1) is 6.33. The molecule has 0 amide bonds. The van der Waals surface area contributed by atoms with Gasteiger partial charge in [0, 0.05) is 5.33 Å². The molecule has 1 atom stereocenters. The quantitative estimate of drug-likeness (QED) is 0.682. The number of halogens is 1. The topological polar surface area (TPSA) is 0 Å². The molecule has 0 aliphatic heterocycles. The van der Waals surface area contributed by atoms with Crippen LogP contribution in [0.3, 0.4) is 0 Å². The first-order valence-electron chi connectivity index (χ1n) is 4.93. The lowest BCUT2D eigenvalue weighted by Crippen LogP contribution is -1.96. The van der Waals surface area contributed by atoms with Crippen LogP contribution in [-0.4, -0.2) is 5.33 Å². The van der Waals surface area contributed by atoms with Crippen LogP contribution in [0.5, 0.6) is 0 Å². The number of rotatable bonds is 5. The average molecular weight is 241 g/mol. The molecule has 0 nitrogen and oxygen atoms in total. The summed E-state index contributed by atoms with van der Waals surface area (Å²) in [7, 11) is 0. The molecule has 0 radical (unpaired) electrons. The van der Waals surface area contributed by atoms with Gasteiger partial charge < -0.3 is 0 Å². The molecule has 0 aromatic heterocycles. The molecule has 0 bridgehead atoms. The summed E-state index contributed by atoms with van der Waals surface area (Å²) in [6.07, 6.45) is 3.84. The van der Waals surface area contributed by atoms with Crippen LogP contribution in [-0.2, 0) is 6.42 Å². The molecule has 0 N–H and O–H groups in total. The maximum absolute atomic E-state index is 3.50. The second-order valence-electron chi connectivity index (χ2n) is 3.64. The summed E-state index contributed by atoms with van der Waals surface area (Å²) in [6.45, 7) is 2.29. The highest BCUT2D eigenvalue weighted by molar-refractivity contribution is 9.09. The molecule has 0 fully saturated rings. The highest BCUT2D eigenvalue weighted by Gasteiger charge is 1.99. The fraction of sp³-hybridized carbons (Fsp3) is 0.500. The molecule has 0 spiro atoms. The lowest BCUT2D eigenvalue weighted by Gasteiger charge is -2.06. The Bertz CT molecular complexity index is 218. The van der Waals surface area contributed by atoms with Crippen LogP contribution in [0.1, 0.15) is 25.3 Å². The maximum Gasteiger partial charge on any atom is 0.00570 e. The smallest absolute Gasteiger partial charge is 0.00570 e. The van der Waals surface area contributed by atoms with Gasteiger partial charge in [-0.25, -0.2) is 0 Å². The van der Waals surface area contributed by atoms with E-state index in [9.17, 15) is 0 Å². The Morgan fingerprint density at radius 2 is 1.92 bits per heavy atom. The lowest BCUT2D eigenvalue weighted by atomic mass is 10.0. The molecule has 0 saturated carbocycles. The monoisotopic (exact) mass is 240 g/mol. The Morgan fingerprint density at radius 3 is 2.54 bits per heavy atom. The van der Waals surface area contributed by atoms with Crippen LogP contribution in [0.4, 0.5) is 0 Å². The first-order valence-corrected chi connectivity index (χ1v) is 6.05. The van der Waals surface area contributed by atoms with Gasteiger partial charge in [-0.05, 0) is 30.7 Å². The van der Waals surface area contributed by atoms with Gasteiger partial charge in [0.2, 0.25) is 0 Å². The fourth-order valence-corrected chi connectivity index (χ4v) is 1.70. The number of hydrogen-bond acceptors (Lipinski definition) is 0. The van der Waals surface area contributed by atoms with Crippen molar-refractivity contribution in [3.05, 3.63) is 35.9 Å². The van der Waals surface area contributed by atoms with Crippen LogP contribution in [0.2, 0.25) is 0 Å². The lowest BCUT2D eigenvalue weighted by molar-refractivity contribution is 0.567. The zero-order chi connectivity index (χ0) is 9.52. The summed E-state index contributed by atoms with van der Waals surface area (Å²) < 4.78 is 0. The number of benzene rings is 1. The molecule has 1 aromatic rings. The van der Waals surface area contributed by atoms with Crippen molar-refractivity contribution < 1.29 is 0 Å². The molecule has 1 heteroatoms. The van der Waals surface area contributed by atoms with E-state index in [0.29, 0.717) is 0 Å². The van der Waals surface area contributed by atoms with Crippen molar-refractivity contribution in [3.63, 3.8) is 0 Å². The van der Waals surface area contributed by atoms with Gasteiger partial charge in [-0.2, -0.15) is 0 Å². The number of aryl methyl sites for hydroxylation is 1. The van der Waals surface area contributed by atoms with Crippen molar-refractivity contribution in [2.24, 2.45) is 5.92 Å². The third-order valence-electron chi connectivity index (χ3n) is 2.27. The highest BCUT2D eigenvalue weighted by atomic mass is 79.9. The highest BCUT2D eigenvalue weighted by Crippen LogP contribution is 2.11. The molecule has 0 saturated heterocycles. The Balaban J connectivity index is 2.20. The van der Waals surface area contributed by atoms with Gasteiger partial charge in [0.1, 0.15) is 0 Å². The first kappa shape index (κ1) is 10.8. The van der Waals surface area contributed by atoms with Crippen molar-refractivity contribution in [1.29, 1.82) is 0 Å². The molecule has 13 heavy (non-hydrogen) atoms. The van der Waals surface area contributed by atoms with Gasteiger partial charge in [-0.1, -0.05) is 53.2 Å². The van der Waals surface area contributed by atoms with Gasteiger partial charge in [0.05, 0.1) is 0 Å².